The first-order valence-corrected chi connectivity index (χ1v) is 9.78. The Bertz CT molecular complexity index is 935. The van der Waals surface area contributed by atoms with Crippen LogP contribution < -0.4 is 0 Å². The molecule has 1 aliphatic heterocycles. The van der Waals surface area contributed by atoms with Crippen molar-refractivity contribution in [2.24, 2.45) is 0 Å². The standard InChI is InChI=1S/C20H21NO4S/c1-15-7-6-8-16(13-15)17-11-12-19(20(22)25-2)21(14-17)26(23,24)18-9-4-3-5-10-18/h3-11,13,19H,12,14H2,1-2H3. The highest BCUT2D eigenvalue weighted by Crippen LogP contribution is 2.30. The first kappa shape index (κ1) is 18.4. The third-order valence-corrected chi connectivity index (χ3v) is 6.34. The summed E-state index contributed by atoms with van der Waals surface area (Å²) in [5.41, 5.74) is 2.94. The molecule has 2 aromatic rings. The van der Waals surface area contributed by atoms with Crippen LogP contribution in [0.3, 0.4) is 0 Å². The Balaban J connectivity index is 2.02. The van der Waals surface area contributed by atoms with Crippen molar-refractivity contribution in [2.45, 2.75) is 24.3 Å². The van der Waals surface area contributed by atoms with E-state index in [1.54, 1.807) is 18.2 Å². The maximum absolute atomic E-state index is 13.2. The zero-order chi connectivity index (χ0) is 18.7. The van der Waals surface area contributed by atoms with Crippen molar-refractivity contribution in [1.29, 1.82) is 0 Å². The Kier molecular flexibility index (Phi) is 5.25. The van der Waals surface area contributed by atoms with Crippen molar-refractivity contribution in [3.8, 4) is 0 Å². The average Bonchev–Trinajstić information content (AvgIpc) is 2.67. The maximum Gasteiger partial charge on any atom is 0.324 e. The normalized spacial score (nSPS) is 18.2. The van der Waals surface area contributed by atoms with Crippen LogP contribution in [0.2, 0.25) is 0 Å². The lowest BCUT2D eigenvalue weighted by atomic mass is 9.98. The van der Waals surface area contributed by atoms with Crippen LogP contribution in [0.1, 0.15) is 17.5 Å². The molecule has 3 rings (SSSR count). The molecule has 0 saturated carbocycles. The highest BCUT2D eigenvalue weighted by molar-refractivity contribution is 7.89. The van der Waals surface area contributed by atoms with E-state index in [0.717, 1.165) is 16.7 Å². The smallest absolute Gasteiger partial charge is 0.324 e. The topological polar surface area (TPSA) is 63.7 Å². The predicted molar refractivity (Wildman–Crippen MR) is 99.9 cm³/mol. The molecule has 6 heteroatoms. The van der Waals surface area contributed by atoms with Crippen LogP contribution in [-0.4, -0.2) is 38.4 Å². The van der Waals surface area contributed by atoms with E-state index < -0.39 is 22.0 Å². The molecule has 0 N–H and O–H groups in total. The molecule has 5 nitrogen and oxygen atoms in total. The minimum Gasteiger partial charge on any atom is -0.468 e. The first-order chi connectivity index (χ1) is 12.4. The number of carbonyl (C=O) groups excluding carboxylic acids is 1. The number of rotatable bonds is 4. The van der Waals surface area contributed by atoms with E-state index in [1.165, 1.54) is 23.5 Å². The van der Waals surface area contributed by atoms with Crippen LogP contribution in [0, 0.1) is 6.92 Å². The molecule has 0 bridgehead atoms. The summed E-state index contributed by atoms with van der Waals surface area (Å²) in [6.07, 6.45) is 2.20. The molecule has 26 heavy (non-hydrogen) atoms. The Morgan fingerprint density at radius 3 is 2.50 bits per heavy atom. The molecule has 0 aliphatic carbocycles. The Morgan fingerprint density at radius 1 is 1.12 bits per heavy atom. The fraction of sp³-hybridized carbons (Fsp3) is 0.250. The van der Waals surface area contributed by atoms with Gasteiger partial charge in [0.2, 0.25) is 10.0 Å². The highest BCUT2D eigenvalue weighted by Gasteiger charge is 2.38. The van der Waals surface area contributed by atoms with Crippen molar-refractivity contribution in [2.75, 3.05) is 13.7 Å². The van der Waals surface area contributed by atoms with Crippen LogP contribution in [-0.2, 0) is 19.6 Å². The van der Waals surface area contributed by atoms with Gasteiger partial charge in [0, 0.05) is 6.54 Å². The molecule has 0 fully saturated rings. The number of nitrogens with zero attached hydrogens (tertiary/aromatic N) is 1. The van der Waals surface area contributed by atoms with Gasteiger partial charge in [0.25, 0.3) is 0 Å². The number of methoxy groups -OCH3 is 1. The minimum absolute atomic E-state index is 0.125. The van der Waals surface area contributed by atoms with Gasteiger partial charge in [0.1, 0.15) is 6.04 Å². The summed E-state index contributed by atoms with van der Waals surface area (Å²) in [5.74, 6) is -0.552. The fourth-order valence-electron chi connectivity index (χ4n) is 3.10. The predicted octanol–water partition coefficient (Wildman–Crippen LogP) is 3.01. The van der Waals surface area contributed by atoms with E-state index in [-0.39, 0.29) is 17.9 Å². The zero-order valence-electron chi connectivity index (χ0n) is 14.8. The second-order valence-corrected chi connectivity index (χ2v) is 8.13. The second kappa shape index (κ2) is 7.43. The van der Waals surface area contributed by atoms with Gasteiger partial charge in [-0.2, -0.15) is 4.31 Å². The molecule has 2 aromatic carbocycles. The lowest BCUT2D eigenvalue weighted by Crippen LogP contribution is -2.47. The second-order valence-electron chi connectivity index (χ2n) is 6.24. The van der Waals surface area contributed by atoms with Crippen LogP contribution in [0.4, 0.5) is 0 Å². The molecule has 1 atom stereocenters. The van der Waals surface area contributed by atoms with Gasteiger partial charge >= 0.3 is 5.97 Å². The third kappa shape index (κ3) is 3.57. The molecule has 1 heterocycles. The lowest BCUT2D eigenvalue weighted by Gasteiger charge is -2.33. The molecule has 0 radical (unpaired) electrons. The lowest BCUT2D eigenvalue weighted by molar-refractivity contribution is -0.145. The van der Waals surface area contributed by atoms with E-state index in [1.807, 2.05) is 37.3 Å². The van der Waals surface area contributed by atoms with Crippen molar-refractivity contribution in [1.82, 2.24) is 4.31 Å². The van der Waals surface area contributed by atoms with E-state index in [9.17, 15) is 13.2 Å². The quantitative estimate of drug-likeness (QED) is 0.775. The van der Waals surface area contributed by atoms with Gasteiger partial charge in [-0.1, -0.05) is 54.1 Å². The molecule has 136 valence electrons. The summed E-state index contributed by atoms with van der Waals surface area (Å²) >= 11 is 0. The van der Waals surface area contributed by atoms with Crippen LogP contribution in [0.5, 0.6) is 0 Å². The average molecular weight is 371 g/mol. The number of sulfonamides is 1. The van der Waals surface area contributed by atoms with E-state index in [2.05, 4.69) is 0 Å². The van der Waals surface area contributed by atoms with Gasteiger partial charge in [0.15, 0.2) is 0 Å². The minimum atomic E-state index is -3.83. The molecular formula is C20H21NO4S. The van der Waals surface area contributed by atoms with Crippen molar-refractivity contribution < 1.29 is 17.9 Å². The number of esters is 1. The van der Waals surface area contributed by atoms with Crippen molar-refractivity contribution in [3.05, 3.63) is 71.8 Å². The van der Waals surface area contributed by atoms with E-state index in [0.29, 0.717) is 0 Å². The zero-order valence-corrected chi connectivity index (χ0v) is 15.6. The first-order valence-electron chi connectivity index (χ1n) is 8.34. The SMILES string of the molecule is COC(=O)C1CC=C(c2cccc(C)c2)CN1S(=O)(=O)c1ccccc1. The van der Waals surface area contributed by atoms with Gasteiger partial charge in [-0.15, -0.1) is 0 Å². The molecule has 0 saturated heterocycles. The monoisotopic (exact) mass is 371 g/mol. The van der Waals surface area contributed by atoms with E-state index >= 15 is 0 Å². The summed E-state index contributed by atoms with van der Waals surface area (Å²) in [7, 11) is -2.55. The molecule has 1 aliphatic rings. The van der Waals surface area contributed by atoms with Crippen LogP contribution in [0.25, 0.3) is 5.57 Å². The largest absolute Gasteiger partial charge is 0.468 e. The van der Waals surface area contributed by atoms with Gasteiger partial charge in [-0.3, -0.25) is 4.79 Å². The molecule has 0 spiro atoms. The summed E-state index contributed by atoms with van der Waals surface area (Å²) in [6, 6.07) is 15.2. The summed E-state index contributed by atoms with van der Waals surface area (Å²) < 4.78 is 32.4. The van der Waals surface area contributed by atoms with Gasteiger partial charge in [-0.05, 0) is 36.6 Å². The Labute approximate surface area is 154 Å². The third-order valence-electron chi connectivity index (χ3n) is 4.47. The van der Waals surface area contributed by atoms with Gasteiger partial charge in [0.05, 0.1) is 12.0 Å². The van der Waals surface area contributed by atoms with Gasteiger partial charge < -0.3 is 4.74 Å². The van der Waals surface area contributed by atoms with Crippen LogP contribution in [0.15, 0.2) is 65.6 Å². The van der Waals surface area contributed by atoms with Crippen LogP contribution >= 0.6 is 0 Å². The number of carbonyl (C=O) groups is 1. The molecule has 1 unspecified atom stereocenters. The Morgan fingerprint density at radius 2 is 1.85 bits per heavy atom. The number of benzene rings is 2. The summed E-state index contributed by atoms with van der Waals surface area (Å²) in [4.78, 5) is 12.4. The number of ether oxygens (including phenoxy) is 1. The molecule has 0 aromatic heterocycles. The Hall–Kier alpha value is -2.44. The number of hydrogen-bond donors (Lipinski definition) is 0. The summed E-state index contributed by atoms with van der Waals surface area (Å²) in [5, 5.41) is 0. The van der Waals surface area contributed by atoms with E-state index in [4.69, 9.17) is 4.74 Å². The molecule has 0 amide bonds. The summed E-state index contributed by atoms with van der Waals surface area (Å²) in [6.45, 7) is 2.11. The van der Waals surface area contributed by atoms with Gasteiger partial charge in [-0.25, -0.2) is 8.42 Å². The van der Waals surface area contributed by atoms with Crippen molar-refractivity contribution >= 4 is 21.6 Å². The van der Waals surface area contributed by atoms with Crippen molar-refractivity contribution in [3.63, 3.8) is 0 Å². The number of aryl methyl sites for hydroxylation is 1. The maximum atomic E-state index is 13.2. The number of hydrogen-bond acceptors (Lipinski definition) is 4. The highest BCUT2D eigenvalue weighted by atomic mass is 32.2. The molecular weight excluding hydrogens is 350 g/mol. The fourth-order valence-corrected chi connectivity index (χ4v) is 4.69.